The second kappa shape index (κ2) is 15.2. The van der Waals surface area contributed by atoms with Gasteiger partial charge >= 0.3 is 0 Å². The summed E-state index contributed by atoms with van der Waals surface area (Å²) in [5, 5.41) is 20.9. The molecule has 0 amide bonds. The zero-order chi connectivity index (χ0) is 47.0. The Morgan fingerprint density at radius 3 is 1.62 bits per heavy atom. The lowest BCUT2D eigenvalue weighted by atomic mass is 9.66. The van der Waals surface area contributed by atoms with Crippen LogP contribution in [0.1, 0.15) is 28.2 Å². The fourth-order valence-electron chi connectivity index (χ4n) is 13.6. The Balaban J connectivity index is 1.09. The predicted molar refractivity (Wildman–Crippen MR) is 308 cm³/mol. The summed E-state index contributed by atoms with van der Waals surface area (Å²) in [6.07, 6.45) is 9.25. The van der Waals surface area contributed by atoms with Crippen LogP contribution in [0.4, 0.5) is 0 Å². The van der Waals surface area contributed by atoms with Gasteiger partial charge in [0, 0.05) is 11.8 Å². The lowest BCUT2D eigenvalue weighted by Crippen LogP contribution is -2.23. The van der Waals surface area contributed by atoms with Gasteiger partial charge in [-0.25, -0.2) is 0 Å². The van der Waals surface area contributed by atoms with Crippen LogP contribution in [0.15, 0.2) is 260 Å². The van der Waals surface area contributed by atoms with Crippen LogP contribution in [-0.2, 0) is 0 Å². The minimum atomic E-state index is 0.148. The molecule has 16 rings (SSSR count). The van der Waals surface area contributed by atoms with Gasteiger partial charge in [0.2, 0.25) is 0 Å². The van der Waals surface area contributed by atoms with Crippen LogP contribution in [0.3, 0.4) is 0 Å². The van der Waals surface area contributed by atoms with Gasteiger partial charge in [-0.3, -0.25) is 0 Å². The van der Waals surface area contributed by atoms with E-state index in [0.717, 1.165) is 0 Å². The monoisotopic (exact) mass is 908 g/mol. The summed E-state index contributed by atoms with van der Waals surface area (Å²) in [7, 11) is 0. The smallest absolute Gasteiger partial charge is 0.0199 e. The van der Waals surface area contributed by atoms with E-state index in [-0.39, 0.29) is 11.8 Å². The van der Waals surface area contributed by atoms with Gasteiger partial charge in [0.25, 0.3) is 0 Å². The van der Waals surface area contributed by atoms with Gasteiger partial charge in [-0.2, -0.15) is 0 Å². The Bertz CT molecular complexity index is 4630. The Morgan fingerprint density at radius 2 is 0.861 bits per heavy atom. The van der Waals surface area contributed by atoms with E-state index in [1.165, 1.54) is 153 Å². The maximum atomic E-state index is 2.55. The van der Waals surface area contributed by atoms with Gasteiger partial charge in [-0.15, -0.1) is 0 Å². The van der Waals surface area contributed by atoms with Gasteiger partial charge in [-0.05, 0) is 183 Å². The minimum absolute atomic E-state index is 0.148. The number of benzene rings is 12. The van der Waals surface area contributed by atoms with Crippen LogP contribution in [0.5, 0.6) is 0 Å². The third-order valence-corrected chi connectivity index (χ3v) is 16.5. The van der Waals surface area contributed by atoms with Crippen molar-refractivity contribution in [3.63, 3.8) is 0 Å². The summed E-state index contributed by atoms with van der Waals surface area (Å²) >= 11 is 0. The van der Waals surface area contributed by atoms with Gasteiger partial charge < -0.3 is 0 Å². The van der Waals surface area contributed by atoms with Crippen molar-refractivity contribution in [2.45, 2.75) is 5.92 Å². The van der Waals surface area contributed by atoms with Crippen molar-refractivity contribution < 1.29 is 0 Å². The molecule has 332 valence electrons. The molecule has 0 bridgehead atoms. The fourth-order valence-corrected chi connectivity index (χ4v) is 13.6. The Kier molecular flexibility index (Phi) is 8.38. The summed E-state index contributed by atoms with van der Waals surface area (Å²) in [6, 6.07) is 87.3. The quantitative estimate of drug-likeness (QED) is 0.151. The lowest BCUT2D eigenvalue weighted by molar-refractivity contribution is 0.649. The predicted octanol–water partition coefficient (Wildman–Crippen LogP) is 19.5. The first-order valence-electron chi connectivity index (χ1n) is 25.4. The van der Waals surface area contributed by atoms with E-state index in [4.69, 9.17) is 0 Å². The zero-order valence-electron chi connectivity index (χ0n) is 39.4. The second-order valence-corrected chi connectivity index (χ2v) is 20.1. The maximum Gasteiger partial charge on any atom is 0.0199 e. The molecule has 2 aliphatic carbocycles. The van der Waals surface area contributed by atoms with E-state index < -0.39 is 0 Å². The first kappa shape index (κ1) is 39.7. The number of hydrogen-bond donors (Lipinski definition) is 0. The van der Waals surface area contributed by atoms with Crippen LogP contribution < -0.4 is 0 Å². The highest BCUT2D eigenvalue weighted by atomic mass is 14.4. The van der Waals surface area contributed by atoms with E-state index in [9.17, 15) is 0 Å². The second-order valence-electron chi connectivity index (χ2n) is 20.1. The largest absolute Gasteiger partial charge is 0.0760 e. The van der Waals surface area contributed by atoms with Crippen LogP contribution in [0.25, 0.3) is 125 Å². The maximum absolute atomic E-state index is 2.55. The summed E-state index contributed by atoms with van der Waals surface area (Å²) in [4.78, 5) is 0. The zero-order valence-corrected chi connectivity index (χ0v) is 39.4. The topological polar surface area (TPSA) is 0 Å². The van der Waals surface area contributed by atoms with Crippen molar-refractivity contribution in [1.29, 1.82) is 0 Å². The molecule has 0 radical (unpaired) electrons. The first-order chi connectivity index (χ1) is 35.8. The minimum Gasteiger partial charge on any atom is -0.0760 e. The van der Waals surface area contributed by atoms with Crippen LogP contribution in [0, 0.1) is 5.92 Å². The van der Waals surface area contributed by atoms with Gasteiger partial charge in [0.15, 0.2) is 0 Å². The van der Waals surface area contributed by atoms with Gasteiger partial charge in [0.1, 0.15) is 0 Å². The Labute approximate surface area is 417 Å². The van der Waals surface area contributed by atoms with E-state index in [2.05, 4.69) is 255 Å². The van der Waals surface area contributed by atoms with E-state index in [0.29, 0.717) is 0 Å². The number of allylic oxidation sites excluding steroid dienone is 5. The molecule has 0 saturated carbocycles. The average molecular weight is 909 g/mol. The molecule has 14 aromatic rings. The van der Waals surface area contributed by atoms with Crippen LogP contribution in [0.2, 0.25) is 0 Å². The molecule has 14 aromatic carbocycles. The molecule has 2 aliphatic rings. The summed E-state index contributed by atoms with van der Waals surface area (Å²) in [5.74, 6) is 0.344. The molecule has 0 nitrogen and oxygen atoms in total. The van der Waals surface area contributed by atoms with Crippen molar-refractivity contribution in [2.24, 2.45) is 5.92 Å². The normalized spacial score (nSPS) is 15.6. The number of hydrogen-bond acceptors (Lipinski definition) is 0. The molecule has 72 heavy (non-hydrogen) atoms. The first-order valence-corrected chi connectivity index (χ1v) is 25.4. The van der Waals surface area contributed by atoms with Crippen molar-refractivity contribution in [2.75, 3.05) is 0 Å². The SMILES string of the molecule is C1=CC2=C(c3ccccc3)c3ccc(-c4cc5c6ccccc6cc6c7c(-c8ccccc8)c8c(cc9c%10ccccc%10c%10cccc8c%109)c(-c8ccccc8)c7c(c4)c56)cc3C(c3ccccc3)C2C=C1. The fraction of sp³-hybridized carbons (Fsp3) is 0.0278. The molecular weight excluding hydrogens is 865 g/mol. The molecule has 0 fully saturated rings. The van der Waals surface area contributed by atoms with Gasteiger partial charge in [-0.1, -0.05) is 224 Å². The molecule has 0 saturated heterocycles. The van der Waals surface area contributed by atoms with E-state index >= 15 is 0 Å². The molecular formula is C72H44. The Hall–Kier alpha value is -9.10. The van der Waals surface area contributed by atoms with E-state index in [1.54, 1.807) is 0 Å². The molecule has 0 spiro atoms. The van der Waals surface area contributed by atoms with Crippen molar-refractivity contribution >= 4 is 91.8 Å². The van der Waals surface area contributed by atoms with Crippen molar-refractivity contribution in [3.05, 3.63) is 283 Å². The van der Waals surface area contributed by atoms with Crippen LogP contribution >= 0.6 is 0 Å². The number of rotatable bonds is 5. The van der Waals surface area contributed by atoms with Crippen molar-refractivity contribution in [1.82, 2.24) is 0 Å². The molecule has 0 N–H and O–H groups in total. The Morgan fingerprint density at radius 1 is 0.292 bits per heavy atom. The average Bonchev–Trinajstić information content (AvgIpc) is 3.95. The lowest BCUT2D eigenvalue weighted by Gasteiger charge is -2.37. The highest BCUT2D eigenvalue weighted by molar-refractivity contribution is 6.46. The molecule has 2 atom stereocenters. The highest BCUT2D eigenvalue weighted by Gasteiger charge is 2.36. The third-order valence-electron chi connectivity index (χ3n) is 16.5. The standard InChI is InChI=1S/C72H44/c1-5-20-43(21-6-1)64-54-32-17-18-33-55(54)65(44-22-7-2-8-23-44)59-38-47(36-37-56(59)64)49-40-58-50-29-14-13-28-48(50)39-61-69(58)62(41-49)71-66(45-24-9-3-10-25-45)63-42-60-52-31-16-15-30-51(52)53-34-19-35-57(68(53)60)70(63)67(72(61)71)46-26-11-4-12-27-46/h1-42,55,65H. The highest BCUT2D eigenvalue weighted by Crippen LogP contribution is 2.57. The van der Waals surface area contributed by atoms with Crippen molar-refractivity contribution in [3.8, 4) is 33.4 Å². The molecule has 0 heteroatoms. The third kappa shape index (κ3) is 5.52. The molecule has 2 unspecified atom stereocenters. The molecule has 0 heterocycles. The molecule has 0 aromatic heterocycles. The summed E-state index contributed by atoms with van der Waals surface area (Å²) < 4.78 is 0. The number of fused-ring (bicyclic) bond motifs is 12. The van der Waals surface area contributed by atoms with E-state index in [1.807, 2.05) is 0 Å². The summed E-state index contributed by atoms with van der Waals surface area (Å²) in [5.41, 5.74) is 15.5. The van der Waals surface area contributed by atoms with Crippen LogP contribution in [-0.4, -0.2) is 0 Å². The summed E-state index contributed by atoms with van der Waals surface area (Å²) in [6.45, 7) is 0. The van der Waals surface area contributed by atoms with Gasteiger partial charge in [0.05, 0.1) is 0 Å². The molecule has 0 aliphatic heterocycles.